The third-order valence-corrected chi connectivity index (χ3v) is 4.55. The molecule has 0 aromatic heterocycles. The van der Waals surface area contributed by atoms with Crippen molar-refractivity contribution in [2.45, 2.75) is 33.1 Å². The van der Waals surface area contributed by atoms with Crippen molar-refractivity contribution in [2.75, 3.05) is 20.8 Å². The Labute approximate surface area is 159 Å². The largest absolute Gasteiger partial charge is 0.497 e. The quantitative estimate of drug-likeness (QED) is 0.418. The molecule has 0 radical (unpaired) electrons. The number of imide groups is 1. The highest BCUT2D eigenvalue weighted by atomic mass is 16.5. The van der Waals surface area contributed by atoms with Crippen molar-refractivity contribution in [1.82, 2.24) is 4.90 Å². The van der Waals surface area contributed by atoms with Gasteiger partial charge in [0.25, 0.3) is 11.8 Å². The maximum absolute atomic E-state index is 13.0. The first-order valence-electron chi connectivity index (χ1n) is 8.89. The first kappa shape index (κ1) is 20.2. The van der Waals surface area contributed by atoms with Gasteiger partial charge in [-0.1, -0.05) is 19.8 Å². The van der Waals surface area contributed by atoms with Crippen molar-refractivity contribution < 1.29 is 19.1 Å². The molecule has 0 atom stereocenters. The Morgan fingerprint density at radius 2 is 1.89 bits per heavy atom. The zero-order valence-electron chi connectivity index (χ0n) is 16.2. The molecule has 0 bridgehead atoms. The van der Waals surface area contributed by atoms with Crippen LogP contribution in [-0.4, -0.2) is 37.5 Å². The summed E-state index contributed by atoms with van der Waals surface area (Å²) >= 11 is 0. The summed E-state index contributed by atoms with van der Waals surface area (Å²) in [6.45, 7) is 3.98. The van der Waals surface area contributed by atoms with Gasteiger partial charge in [0.05, 0.1) is 14.2 Å². The lowest BCUT2D eigenvalue weighted by atomic mass is 9.93. The van der Waals surface area contributed by atoms with Gasteiger partial charge in [-0.2, -0.15) is 5.26 Å². The summed E-state index contributed by atoms with van der Waals surface area (Å²) in [7, 11) is 3.09. The molecule has 2 amide bonds. The van der Waals surface area contributed by atoms with Gasteiger partial charge in [-0.25, -0.2) is 0 Å². The minimum absolute atomic E-state index is 0.00447. The summed E-state index contributed by atoms with van der Waals surface area (Å²) in [4.78, 5) is 26.7. The normalized spacial score (nSPS) is 16.0. The lowest BCUT2D eigenvalue weighted by Gasteiger charge is -2.27. The Morgan fingerprint density at radius 1 is 1.15 bits per heavy atom. The van der Waals surface area contributed by atoms with Crippen molar-refractivity contribution in [2.24, 2.45) is 0 Å². The number of rotatable bonds is 7. The number of benzene rings is 1. The van der Waals surface area contributed by atoms with Gasteiger partial charge in [-0.15, -0.1) is 0 Å². The Hall–Kier alpha value is -3.07. The molecular weight excluding hydrogens is 344 g/mol. The predicted octanol–water partition coefficient (Wildman–Crippen LogP) is 3.49. The fourth-order valence-corrected chi connectivity index (χ4v) is 2.95. The van der Waals surface area contributed by atoms with E-state index >= 15 is 0 Å². The molecule has 6 nitrogen and oxygen atoms in total. The highest BCUT2D eigenvalue weighted by molar-refractivity contribution is 6.19. The maximum Gasteiger partial charge on any atom is 0.271 e. The number of nitriles is 1. The molecule has 1 aliphatic rings. The molecular formula is C21H24N2O4. The van der Waals surface area contributed by atoms with Crippen LogP contribution in [0, 0.1) is 11.3 Å². The van der Waals surface area contributed by atoms with Crippen molar-refractivity contribution in [3.8, 4) is 17.6 Å². The van der Waals surface area contributed by atoms with Crippen LogP contribution in [0.25, 0.3) is 6.08 Å². The number of ether oxygens (including phenoxy) is 2. The van der Waals surface area contributed by atoms with E-state index in [0.717, 1.165) is 12.8 Å². The lowest BCUT2D eigenvalue weighted by molar-refractivity contribution is -0.140. The zero-order chi connectivity index (χ0) is 20.0. The van der Waals surface area contributed by atoms with Gasteiger partial charge in [0.2, 0.25) is 0 Å². The molecule has 27 heavy (non-hydrogen) atoms. The van der Waals surface area contributed by atoms with Crippen molar-refractivity contribution in [1.29, 1.82) is 5.26 Å². The lowest BCUT2D eigenvalue weighted by Crippen LogP contribution is -2.43. The average molecular weight is 368 g/mol. The Kier molecular flexibility index (Phi) is 6.78. The number of carbonyl (C=O) groups excluding carboxylic acids is 2. The molecule has 142 valence electrons. The van der Waals surface area contributed by atoms with Gasteiger partial charge in [-0.3, -0.25) is 14.5 Å². The van der Waals surface area contributed by atoms with Crippen LogP contribution in [0.1, 0.15) is 38.7 Å². The van der Waals surface area contributed by atoms with Gasteiger partial charge in [0, 0.05) is 23.7 Å². The number of nitrogens with zero attached hydrogens (tertiary/aromatic N) is 2. The van der Waals surface area contributed by atoms with Gasteiger partial charge in [-0.05, 0) is 37.1 Å². The summed E-state index contributed by atoms with van der Waals surface area (Å²) < 4.78 is 10.6. The molecule has 6 heteroatoms. The minimum Gasteiger partial charge on any atom is -0.497 e. The van der Waals surface area contributed by atoms with E-state index in [1.165, 1.54) is 12.0 Å². The molecule has 0 N–H and O–H groups in total. The maximum atomic E-state index is 13.0. The molecule has 0 fully saturated rings. The first-order valence-corrected chi connectivity index (χ1v) is 8.89. The second-order valence-electron chi connectivity index (χ2n) is 6.25. The molecule has 0 unspecified atom stereocenters. The van der Waals surface area contributed by atoms with Crippen molar-refractivity contribution >= 4 is 17.9 Å². The third kappa shape index (κ3) is 4.20. The second-order valence-corrected chi connectivity index (χ2v) is 6.25. The van der Waals surface area contributed by atoms with Crippen LogP contribution in [0.15, 0.2) is 34.9 Å². The van der Waals surface area contributed by atoms with Crippen molar-refractivity contribution in [3.05, 3.63) is 40.5 Å². The molecule has 1 heterocycles. The van der Waals surface area contributed by atoms with E-state index in [1.54, 1.807) is 38.3 Å². The number of hydrogen-bond acceptors (Lipinski definition) is 5. The van der Waals surface area contributed by atoms with Crippen LogP contribution in [0.2, 0.25) is 0 Å². The van der Waals surface area contributed by atoms with Crippen LogP contribution in [0.5, 0.6) is 11.5 Å². The van der Waals surface area contributed by atoms with Gasteiger partial charge < -0.3 is 9.47 Å². The summed E-state index contributed by atoms with van der Waals surface area (Å²) in [6, 6.07) is 7.20. The summed E-state index contributed by atoms with van der Waals surface area (Å²) in [6.07, 6.45) is 4.26. The van der Waals surface area contributed by atoms with Crippen LogP contribution < -0.4 is 9.47 Å². The van der Waals surface area contributed by atoms with E-state index in [4.69, 9.17) is 9.47 Å². The number of carbonyl (C=O) groups is 2. The Bertz CT molecular complexity index is 846. The summed E-state index contributed by atoms with van der Waals surface area (Å²) in [5.74, 6) is 0.265. The number of unbranched alkanes of at least 4 members (excludes halogenated alkanes) is 2. The van der Waals surface area contributed by atoms with E-state index in [9.17, 15) is 14.9 Å². The SMILES string of the molecule is CCCCCN1C(=O)C(C#N)=C(C)/C(=C\c2ccc(OC)cc2OC)C1=O. The van der Waals surface area contributed by atoms with Gasteiger partial charge in [0.15, 0.2) is 0 Å². The molecule has 1 aromatic carbocycles. The highest BCUT2D eigenvalue weighted by Crippen LogP contribution is 2.31. The molecule has 2 rings (SSSR count). The predicted molar refractivity (Wildman–Crippen MR) is 102 cm³/mol. The highest BCUT2D eigenvalue weighted by Gasteiger charge is 2.35. The first-order chi connectivity index (χ1) is 13.0. The molecule has 0 spiro atoms. The van der Waals surface area contributed by atoms with E-state index in [0.29, 0.717) is 41.2 Å². The molecule has 1 aromatic rings. The smallest absolute Gasteiger partial charge is 0.271 e. The van der Waals surface area contributed by atoms with Gasteiger partial charge in [0.1, 0.15) is 23.1 Å². The van der Waals surface area contributed by atoms with Gasteiger partial charge >= 0.3 is 0 Å². The topological polar surface area (TPSA) is 79.6 Å². The number of amides is 2. The summed E-state index contributed by atoms with van der Waals surface area (Å²) in [5.41, 5.74) is 1.38. The Balaban J connectivity index is 2.52. The monoisotopic (exact) mass is 368 g/mol. The summed E-state index contributed by atoms with van der Waals surface area (Å²) in [5, 5.41) is 9.43. The van der Waals surface area contributed by atoms with E-state index in [1.807, 2.05) is 13.0 Å². The van der Waals surface area contributed by atoms with Crippen molar-refractivity contribution in [3.63, 3.8) is 0 Å². The van der Waals surface area contributed by atoms with E-state index in [-0.39, 0.29) is 11.5 Å². The average Bonchev–Trinajstić information content (AvgIpc) is 2.68. The third-order valence-electron chi connectivity index (χ3n) is 4.55. The fraction of sp³-hybridized carbons (Fsp3) is 0.381. The van der Waals surface area contributed by atoms with E-state index < -0.39 is 5.91 Å². The fourth-order valence-electron chi connectivity index (χ4n) is 2.95. The molecule has 0 aliphatic carbocycles. The number of methoxy groups -OCH3 is 2. The minimum atomic E-state index is -0.519. The molecule has 1 aliphatic heterocycles. The standard InChI is InChI=1S/C21H24N2O4/c1-5-6-7-10-23-20(24)17(14(2)18(13-22)21(23)25)11-15-8-9-16(26-3)12-19(15)27-4/h8-9,11-12H,5-7,10H2,1-4H3/b17-11+. The Morgan fingerprint density at radius 3 is 2.48 bits per heavy atom. The zero-order valence-corrected chi connectivity index (χ0v) is 16.2. The van der Waals surface area contributed by atoms with Crippen LogP contribution in [0.4, 0.5) is 0 Å². The molecule has 0 saturated heterocycles. The van der Waals surface area contributed by atoms with Crippen LogP contribution in [-0.2, 0) is 9.59 Å². The van der Waals surface area contributed by atoms with Crippen LogP contribution >= 0.6 is 0 Å². The molecule has 0 saturated carbocycles. The van der Waals surface area contributed by atoms with E-state index in [2.05, 4.69) is 0 Å². The number of hydrogen-bond donors (Lipinski definition) is 0. The second kappa shape index (κ2) is 9.04. The van der Waals surface area contributed by atoms with Crippen LogP contribution in [0.3, 0.4) is 0 Å².